The average Bonchev–Trinajstić information content (AvgIpc) is 3.04. The minimum atomic E-state index is -0.871. The zero-order valence-corrected chi connectivity index (χ0v) is 19.2. The lowest BCUT2D eigenvalue weighted by molar-refractivity contribution is -0.139. The Labute approximate surface area is 186 Å². The van der Waals surface area contributed by atoms with E-state index >= 15 is 0 Å². The maximum atomic E-state index is 11.7. The van der Waals surface area contributed by atoms with Gasteiger partial charge < -0.3 is 20.1 Å². The van der Waals surface area contributed by atoms with Gasteiger partial charge >= 0.3 is 5.97 Å². The first kappa shape index (κ1) is 22.7. The summed E-state index contributed by atoms with van der Waals surface area (Å²) in [5, 5.41) is 13.8. The molecule has 1 heterocycles. The minimum absolute atomic E-state index is 0. The summed E-state index contributed by atoms with van der Waals surface area (Å²) in [6.07, 6.45) is 2.28. The highest BCUT2D eigenvalue weighted by atomic mass is 79.9. The van der Waals surface area contributed by atoms with Crippen LogP contribution in [0.5, 0.6) is 5.75 Å². The van der Waals surface area contributed by atoms with Gasteiger partial charge in [-0.2, -0.15) is 0 Å². The van der Waals surface area contributed by atoms with Crippen LogP contribution in [0.4, 0.5) is 0 Å². The number of rotatable bonds is 8. The lowest BCUT2D eigenvalue weighted by Crippen LogP contribution is -2.38. The Balaban J connectivity index is 0.00000280. The molecule has 8 heteroatoms. The van der Waals surface area contributed by atoms with Crippen LogP contribution in [0.25, 0.3) is 10.9 Å². The highest BCUT2D eigenvalue weighted by molar-refractivity contribution is 9.11. The van der Waals surface area contributed by atoms with Crippen LogP contribution in [0, 0.1) is 0 Å². The Morgan fingerprint density at radius 3 is 2.57 bits per heavy atom. The smallest absolute Gasteiger partial charge is 0.321 e. The summed E-state index contributed by atoms with van der Waals surface area (Å²) in [4.78, 5) is 14.9. The highest BCUT2D eigenvalue weighted by Crippen LogP contribution is 2.34. The first-order valence-electron chi connectivity index (χ1n) is 8.61. The molecule has 0 radical (unpaired) electrons. The molecule has 1 unspecified atom stereocenters. The molecule has 0 aliphatic heterocycles. The van der Waals surface area contributed by atoms with E-state index in [1.54, 1.807) is 0 Å². The van der Waals surface area contributed by atoms with E-state index in [1.807, 2.05) is 49.5 Å². The summed E-state index contributed by atoms with van der Waals surface area (Å²) in [6.45, 7) is 2.93. The number of carboxylic acid groups (broad SMARTS) is 1. The van der Waals surface area contributed by atoms with Crippen molar-refractivity contribution in [1.29, 1.82) is 0 Å². The van der Waals surface area contributed by atoms with Crippen LogP contribution in [0.2, 0.25) is 0 Å². The van der Waals surface area contributed by atoms with Crippen LogP contribution < -0.4 is 10.1 Å². The highest BCUT2D eigenvalue weighted by Gasteiger charge is 2.19. The van der Waals surface area contributed by atoms with Gasteiger partial charge in [-0.3, -0.25) is 4.79 Å². The van der Waals surface area contributed by atoms with Gasteiger partial charge in [0.25, 0.3) is 0 Å². The van der Waals surface area contributed by atoms with Crippen LogP contribution in [0.1, 0.15) is 18.1 Å². The summed E-state index contributed by atoms with van der Waals surface area (Å²) >= 11 is 7.01. The topological polar surface area (TPSA) is 74.3 Å². The first-order valence-corrected chi connectivity index (χ1v) is 10.2. The van der Waals surface area contributed by atoms with Gasteiger partial charge in [0.05, 0.1) is 15.6 Å². The van der Waals surface area contributed by atoms with E-state index in [1.165, 1.54) is 0 Å². The fourth-order valence-corrected chi connectivity index (χ4v) is 4.52. The molecule has 3 rings (SSSR count). The molecule has 0 spiro atoms. The summed E-state index contributed by atoms with van der Waals surface area (Å²) < 4.78 is 7.25. The van der Waals surface area contributed by atoms with E-state index in [0.29, 0.717) is 19.6 Å². The van der Waals surface area contributed by atoms with Crippen LogP contribution in [0.3, 0.4) is 0 Å². The zero-order chi connectivity index (χ0) is 19.4. The standard InChI is InChI=1S/C20H20Br2N2O3.ClH/c1-2-27-19-15(21)7-12(8-16(19)22)10-23-18(20(25)26)9-13-11-24-17-6-4-3-5-14(13)17;/h3-8,11,18,23-24H,2,9-10H2,1H3,(H,25,26);1H. The van der Waals surface area contributed by atoms with Crippen molar-refractivity contribution in [2.45, 2.75) is 25.9 Å². The van der Waals surface area contributed by atoms with Crippen LogP contribution >= 0.6 is 44.3 Å². The Kier molecular flexibility index (Phi) is 8.37. The number of fused-ring (bicyclic) bond motifs is 1. The van der Waals surface area contributed by atoms with Gasteiger partial charge in [0.15, 0.2) is 0 Å². The number of nitrogens with one attached hydrogen (secondary N) is 2. The van der Waals surface area contributed by atoms with E-state index in [4.69, 9.17) is 4.74 Å². The molecule has 2 aromatic carbocycles. The van der Waals surface area contributed by atoms with Crippen molar-refractivity contribution in [3.05, 3.63) is 62.7 Å². The van der Waals surface area contributed by atoms with E-state index in [9.17, 15) is 9.90 Å². The number of carboxylic acids is 1. The van der Waals surface area contributed by atoms with Crippen molar-refractivity contribution in [2.24, 2.45) is 0 Å². The summed E-state index contributed by atoms with van der Waals surface area (Å²) in [7, 11) is 0. The van der Waals surface area contributed by atoms with Gasteiger partial charge in [-0.15, -0.1) is 12.4 Å². The lowest BCUT2D eigenvalue weighted by Gasteiger charge is -2.16. The molecule has 3 aromatic rings. The Bertz CT molecular complexity index is 939. The quantitative estimate of drug-likeness (QED) is 0.368. The number of aromatic amines is 1. The number of carbonyl (C=O) groups is 1. The maximum Gasteiger partial charge on any atom is 0.321 e. The van der Waals surface area contributed by atoms with Gasteiger partial charge in [-0.25, -0.2) is 0 Å². The van der Waals surface area contributed by atoms with E-state index in [-0.39, 0.29) is 12.4 Å². The molecule has 0 fully saturated rings. The summed E-state index contributed by atoms with van der Waals surface area (Å²) in [5.41, 5.74) is 2.96. The molecule has 1 atom stereocenters. The van der Waals surface area contributed by atoms with Crippen molar-refractivity contribution in [3.63, 3.8) is 0 Å². The summed E-state index contributed by atoms with van der Waals surface area (Å²) in [6, 6.07) is 11.1. The number of benzene rings is 2. The number of ether oxygens (including phenoxy) is 1. The second kappa shape index (κ2) is 10.3. The third kappa shape index (κ3) is 5.29. The van der Waals surface area contributed by atoms with Gasteiger partial charge in [0, 0.05) is 30.1 Å². The number of aliphatic carboxylic acids is 1. The normalized spacial score (nSPS) is 11.8. The van der Waals surface area contributed by atoms with Gasteiger partial charge in [-0.05, 0) is 68.1 Å². The molecule has 0 aliphatic rings. The molecule has 150 valence electrons. The van der Waals surface area contributed by atoms with Crippen molar-refractivity contribution >= 4 is 61.1 Å². The Morgan fingerprint density at radius 2 is 1.93 bits per heavy atom. The maximum absolute atomic E-state index is 11.7. The number of aromatic nitrogens is 1. The Morgan fingerprint density at radius 1 is 1.25 bits per heavy atom. The fourth-order valence-electron chi connectivity index (χ4n) is 3.00. The van der Waals surface area contributed by atoms with Crippen LogP contribution in [0.15, 0.2) is 51.5 Å². The van der Waals surface area contributed by atoms with Crippen molar-refractivity contribution in [1.82, 2.24) is 10.3 Å². The van der Waals surface area contributed by atoms with Crippen molar-refractivity contribution < 1.29 is 14.6 Å². The third-order valence-corrected chi connectivity index (χ3v) is 5.47. The molecule has 5 nitrogen and oxygen atoms in total. The third-order valence-electron chi connectivity index (χ3n) is 4.30. The largest absolute Gasteiger partial charge is 0.492 e. The van der Waals surface area contributed by atoms with Gasteiger partial charge in [-0.1, -0.05) is 18.2 Å². The van der Waals surface area contributed by atoms with Crippen molar-refractivity contribution in [2.75, 3.05) is 6.61 Å². The second-order valence-corrected chi connectivity index (χ2v) is 7.87. The summed E-state index contributed by atoms with van der Waals surface area (Å²) in [5.74, 6) is -0.126. The molecule has 0 amide bonds. The number of para-hydroxylation sites is 1. The number of hydrogen-bond acceptors (Lipinski definition) is 3. The SMILES string of the molecule is CCOc1c(Br)cc(CNC(Cc2c[nH]c3ccccc23)C(=O)O)cc1Br.Cl. The molecule has 1 aromatic heterocycles. The van der Waals surface area contributed by atoms with E-state index in [0.717, 1.165) is 36.7 Å². The fraction of sp³-hybridized carbons (Fsp3) is 0.250. The molecule has 0 saturated heterocycles. The van der Waals surface area contributed by atoms with E-state index in [2.05, 4.69) is 42.2 Å². The zero-order valence-electron chi connectivity index (χ0n) is 15.2. The van der Waals surface area contributed by atoms with Crippen molar-refractivity contribution in [3.8, 4) is 5.75 Å². The minimum Gasteiger partial charge on any atom is -0.492 e. The predicted molar refractivity (Wildman–Crippen MR) is 121 cm³/mol. The second-order valence-electron chi connectivity index (χ2n) is 6.16. The van der Waals surface area contributed by atoms with Crippen LogP contribution in [-0.2, 0) is 17.8 Å². The first-order chi connectivity index (χ1) is 13.0. The molecule has 0 bridgehead atoms. The Hall–Kier alpha value is -1.54. The van der Waals surface area contributed by atoms with Gasteiger partial charge in [0.1, 0.15) is 11.8 Å². The monoisotopic (exact) mass is 530 g/mol. The molecule has 28 heavy (non-hydrogen) atoms. The average molecular weight is 533 g/mol. The lowest BCUT2D eigenvalue weighted by atomic mass is 10.0. The van der Waals surface area contributed by atoms with Gasteiger partial charge in [0.2, 0.25) is 0 Å². The van der Waals surface area contributed by atoms with E-state index < -0.39 is 12.0 Å². The number of halogens is 3. The molecular formula is C20H21Br2ClN2O3. The number of H-pyrrole nitrogens is 1. The predicted octanol–water partition coefficient (Wildman–Crippen LogP) is 5.30. The molecule has 0 aliphatic carbocycles. The van der Waals surface area contributed by atoms with Crippen LogP contribution in [-0.4, -0.2) is 28.7 Å². The molecule has 3 N–H and O–H groups in total. The number of hydrogen-bond donors (Lipinski definition) is 3. The molecule has 0 saturated carbocycles. The molecular weight excluding hydrogens is 511 g/mol.